The normalized spacial score (nSPS) is 17.1. The first-order valence-electron chi connectivity index (χ1n) is 6.68. The van der Waals surface area contributed by atoms with E-state index in [-0.39, 0.29) is 0 Å². The summed E-state index contributed by atoms with van der Waals surface area (Å²) in [5.74, 6) is 0.505. The lowest BCUT2D eigenvalue weighted by molar-refractivity contribution is 0.749. The van der Waals surface area contributed by atoms with Gasteiger partial charge in [-0.05, 0) is 23.8 Å². The van der Waals surface area contributed by atoms with Crippen LogP contribution in [0.5, 0.6) is 0 Å². The summed E-state index contributed by atoms with van der Waals surface area (Å²) in [6, 6.07) is 14.4. The Labute approximate surface area is 126 Å². The smallest absolute Gasteiger partial charge is 0.0945 e. The molecule has 0 radical (unpaired) electrons. The summed E-state index contributed by atoms with van der Waals surface area (Å²) in [6.07, 6.45) is 0.972. The second-order valence-corrected chi connectivity index (χ2v) is 6.56. The molecule has 1 atom stereocenters. The number of halogens is 1. The fourth-order valence-electron chi connectivity index (χ4n) is 2.80. The molecule has 1 unspecified atom stereocenters. The first kappa shape index (κ1) is 12.2. The van der Waals surface area contributed by atoms with Gasteiger partial charge in [0.15, 0.2) is 0 Å². The van der Waals surface area contributed by atoms with E-state index in [9.17, 15) is 0 Å². The number of nitrogens with one attached hydrogen (secondary N) is 1. The van der Waals surface area contributed by atoms with Crippen molar-refractivity contribution in [1.29, 1.82) is 0 Å². The zero-order valence-corrected chi connectivity index (χ0v) is 12.3. The second kappa shape index (κ2) is 4.76. The zero-order valence-electron chi connectivity index (χ0n) is 10.8. The van der Waals surface area contributed by atoms with E-state index in [1.54, 1.807) is 11.3 Å². The summed E-state index contributed by atoms with van der Waals surface area (Å²) in [6.45, 7) is 0.989. The third-order valence-corrected chi connectivity index (χ3v) is 5.33. The number of rotatable bonds is 2. The van der Waals surface area contributed by atoms with Crippen molar-refractivity contribution in [2.75, 3.05) is 11.9 Å². The summed E-state index contributed by atoms with van der Waals surface area (Å²) in [7, 11) is 0. The number of aromatic nitrogens is 1. The van der Waals surface area contributed by atoms with Crippen molar-refractivity contribution in [3.63, 3.8) is 0 Å². The van der Waals surface area contributed by atoms with Gasteiger partial charge < -0.3 is 5.32 Å². The van der Waals surface area contributed by atoms with E-state index in [4.69, 9.17) is 16.6 Å². The van der Waals surface area contributed by atoms with Crippen LogP contribution in [0.25, 0.3) is 10.2 Å². The summed E-state index contributed by atoms with van der Waals surface area (Å²) in [5.41, 5.74) is 3.67. The largest absolute Gasteiger partial charge is 0.384 e. The van der Waals surface area contributed by atoms with E-state index in [2.05, 4.69) is 29.6 Å². The Kier molecular flexibility index (Phi) is 2.90. The lowest BCUT2D eigenvalue weighted by atomic mass is 9.98. The Morgan fingerprint density at radius 3 is 3.00 bits per heavy atom. The van der Waals surface area contributed by atoms with Crippen molar-refractivity contribution < 1.29 is 0 Å². The first-order valence-corrected chi connectivity index (χ1v) is 7.87. The molecule has 0 fully saturated rings. The molecule has 1 aliphatic heterocycles. The van der Waals surface area contributed by atoms with Gasteiger partial charge in [-0.15, -0.1) is 11.3 Å². The Balaban J connectivity index is 1.67. The highest BCUT2D eigenvalue weighted by Gasteiger charge is 2.23. The zero-order chi connectivity index (χ0) is 13.5. The third kappa shape index (κ3) is 1.98. The van der Waals surface area contributed by atoms with Crippen molar-refractivity contribution >= 4 is 38.8 Å². The molecule has 4 heteroatoms. The number of thiazole rings is 1. The van der Waals surface area contributed by atoms with Crippen molar-refractivity contribution in [3.8, 4) is 0 Å². The first-order chi connectivity index (χ1) is 9.81. The molecule has 1 N–H and O–H groups in total. The lowest BCUT2D eigenvalue weighted by Gasteiger charge is -2.07. The minimum absolute atomic E-state index is 0.505. The third-order valence-electron chi connectivity index (χ3n) is 3.77. The van der Waals surface area contributed by atoms with Crippen LogP contribution in [-0.4, -0.2) is 11.5 Å². The summed E-state index contributed by atoms with van der Waals surface area (Å²) in [5, 5.41) is 5.43. The molecule has 3 aromatic rings. The fourth-order valence-corrected chi connectivity index (χ4v) is 4.13. The molecule has 4 rings (SSSR count). The topological polar surface area (TPSA) is 24.9 Å². The van der Waals surface area contributed by atoms with Crippen molar-refractivity contribution in [2.45, 2.75) is 12.3 Å². The molecule has 100 valence electrons. The van der Waals surface area contributed by atoms with Gasteiger partial charge in [-0.3, -0.25) is 0 Å². The van der Waals surface area contributed by atoms with Gasteiger partial charge in [0.2, 0.25) is 0 Å². The molecular formula is C16H13ClN2S. The predicted octanol–water partition coefficient (Wildman–Crippen LogP) is 4.70. The molecule has 2 aromatic carbocycles. The summed E-state index contributed by atoms with van der Waals surface area (Å²) >= 11 is 7.94. The highest BCUT2D eigenvalue weighted by Crippen LogP contribution is 2.36. The number of fused-ring (bicyclic) bond motifs is 2. The van der Waals surface area contributed by atoms with Crippen LogP contribution in [-0.2, 0) is 6.42 Å². The Bertz CT molecular complexity index is 781. The van der Waals surface area contributed by atoms with Crippen molar-refractivity contribution in [3.05, 3.63) is 58.1 Å². The number of hydrogen-bond acceptors (Lipinski definition) is 3. The van der Waals surface area contributed by atoms with E-state index >= 15 is 0 Å². The van der Waals surface area contributed by atoms with Crippen LogP contribution in [0.15, 0.2) is 42.5 Å². The van der Waals surface area contributed by atoms with Gasteiger partial charge in [0.05, 0.1) is 20.2 Å². The average Bonchev–Trinajstić information content (AvgIpc) is 3.05. The predicted molar refractivity (Wildman–Crippen MR) is 86.0 cm³/mol. The molecule has 0 spiro atoms. The maximum atomic E-state index is 6.23. The van der Waals surface area contributed by atoms with Gasteiger partial charge in [-0.2, -0.15) is 0 Å². The molecule has 1 aliphatic rings. The molecule has 0 amide bonds. The number of anilines is 1. The summed E-state index contributed by atoms with van der Waals surface area (Å²) in [4.78, 5) is 4.72. The minimum Gasteiger partial charge on any atom is -0.384 e. The molecule has 0 saturated carbocycles. The Hall–Kier alpha value is -1.58. The molecule has 2 heterocycles. The Morgan fingerprint density at radius 1 is 1.20 bits per heavy atom. The van der Waals surface area contributed by atoms with E-state index < -0.39 is 0 Å². The lowest BCUT2D eigenvalue weighted by Crippen LogP contribution is -2.05. The van der Waals surface area contributed by atoms with E-state index in [0.717, 1.165) is 33.2 Å². The van der Waals surface area contributed by atoms with Gasteiger partial charge in [-0.25, -0.2) is 4.98 Å². The van der Waals surface area contributed by atoms with Gasteiger partial charge in [0.25, 0.3) is 0 Å². The highest BCUT2D eigenvalue weighted by atomic mass is 35.5. The van der Waals surface area contributed by atoms with Gasteiger partial charge in [0, 0.05) is 24.6 Å². The average molecular weight is 301 g/mol. The van der Waals surface area contributed by atoms with Crippen LogP contribution in [0, 0.1) is 0 Å². The SMILES string of the molecule is Clc1cccc2nc(CC3CNc4ccccc43)sc12. The van der Waals surface area contributed by atoms with Gasteiger partial charge >= 0.3 is 0 Å². The molecule has 2 nitrogen and oxygen atoms in total. The number of hydrogen-bond donors (Lipinski definition) is 1. The fraction of sp³-hybridized carbons (Fsp3) is 0.188. The van der Waals surface area contributed by atoms with Gasteiger partial charge in [0.1, 0.15) is 0 Å². The molecule has 0 bridgehead atoms. The molecular weight excluding hydrogens is 288 g/mol. The Morgan fingerprint density at radius 2 is 2.10 bits per heavy atom. The second-order valence-electron chi connectivity index (χ2n) is 5.06. The number of para-hydroxylation sites is 1. The van der Waals surface area contributed by atoms with Gasteiger partial charge in [-0.1, -0.05) is 35.9 Å². The monoisotopic (exact) mass is 300 g/mol. The number of benzene rings is 2. The van der Waals surface area contributed by atoms with E-state index in [1.807, 2.05) is 18.2 Å². The molecule has 20 heavy (non-hydrogen) atoms. The molecule has 0 aliphatic carbocycles. The van der Waals surface area contributed by atoms with Crippen LogP contribution in [0.4, 0.5) is 5.69 Å². The van der Waals surface area contributed by atoms with E-state index in [0.29, 0.717) is 5.92 Å². The standard InChI is InChI=1S/C16H13ClN2S/c17-12-5-3-7-14-16(12)20-15(19-14)8-10-9-18-13-6-2-1-4-11(10)13/h1-7,10,18H,8-9H2. The quantitative estimate of drug-likeness (QED) is 0.742. The van der Waals surface area contributed by atoms with Crippen molar-refractivity contribution in [1.82, 2.24) is 4.98 Å². The summed E-state index contributed by atoms with van der Waals surface area (Å²) < 4.78 is 1.10. The number of nitrogens with zero attached hydrogens (tertiary/aromatic N) is 1. The van der Waals surface area contributed by atoms with Crippen LogP contribution in [0.3, 0.4) is 0 Å². The van der Waals surface area contributed by atoms with Crippen molar-refractivity contribution in [2.24, 2.45) is 0 Å². The maximum Gasteiger partial charge on any atom is 0.0945 e. The van der Waals surface area contributed by atoms with Crippen LogP contribution < -0.4 is 5.32 Å². The molecule has 0 saturated heterocycles. The molecule has 1 aromatic heterocycles. The highest BCUT2D eigenvalue weighted by molar-refractivity contribution is 7.19. The van der Waals surface area contributed by atoms with Crippen LogP contribution in [0.2, 0.25) is 5.02 Å². The van der Waals surface area contributed by atoms with E-state index in [1.165, 1.54) is 11.3 Å². The van der Waals surface area contributed by atoms with Crippen LogP contribution in [0.1, 0.15) is 16.5 Å². The maximum absolute atomic E-state index is 6.23. The van der Waals surface area contributed by atoms with Crippen LogP contribution >= 0.6 is 22.9 Å². The minimum atomic E-state index is 0.505.